The summed E-state index contributed by atoms with van der Waals surface area (Å²) < 4.78 is 0. The number of rotatable bonds is 1. The highest BCUT2D eigenvalue weighted by Crippen LogP contribution is 2.09. The van der Waals surface area contributed by atoms with E-state index in [0.29, 0.717) is 0 Å². The van der Waals surface area contributed by atoms with Gasteiger partial charge in [0.25, 0.3) is 5.91 Å². The summed E-state index contributed by atoms with van der Waals surface area (Å²) in [5.74, 6) is -3.09. The van der Waals surface area contributed by atoms with E-state index in [-0.39, 0.29) is 6.42 Å². The number of carbonyl (C=O) groups excluding carboxylic acids is 3. The maximum Gasteiger partial charge on any atom is 0.256 e. The zero-order chi connectivity index (χ0) is 8.43. The van der Waals surface area contributed by atoms with Crippen LogP contribution in [0.1, 0.15) is 6.42 Å². The van der Waals surface area contributed by atoms with Crippen molar-refractivity contribution >= 4 is 17.7 Å². The van der Waals surface area contributed by atoms with Gasteiger partial charge in [0.05, 0.1) is 0 Å². The minimum Gasteiger partial charge on any atom is -0.296 e. The van der Waals surface area contributed by atoms with Gasteiger partial charge in [0.1, 0.15) is 5.92 Å². The van der Waals surface area contributed by atoms with Crippen LogP contribution in [-0.2, 0) is 14.4 Å². The second-order valence-electron chi connectivity index (χ2n) is 2.15. The fourth-order valence-corrected chi connectivity index (χ4v) is 0.843. The third kappa shape index (κ3) is 1.35. The first-order valence-electron chi connectivity index (χ1n) is 2.93. The average molecular weight is 158 g/mol. The Morgan fingerprint density at radius 1 is 1.64 bits per heavy atom. The Morgan fingerprint density at radius 2 is 2.27 bits per heavy atom. The molecular weight excluding hydrogens is 152 g/mol. The fraction of sp³-hybridized carbons (Fsp3) is 0.400. The molecule has 1 heterocycles. The summed E-state index contributed by atoms with van der Waals surface area (Å²) in [4.78, 5) is 31.8. The van der Waals surface area contributed by atoms with Crippen LogP contribution in [0.3, 0.4) is 0 Å². The molecule has 1 fully saturated rings. The molecule has 11 heavy (non-hydrogen) atoms. The van der Waals surface area contributed by atoms with Gasteiger partial charge in [0, 0.05) is 6.42 Å². The standard InChI is InChI=1S/C5H6N2O4/c8-3-1-2(4(9)6-3)5(10)7-11/h2,11H,1H2,(H,7,10)(H,6,8,9). The van der Waals surface area contributed by atoms with E-state index in [1.54, 1.807) is 0 Å². The Bertz CT molecular complexity index is 225. The Labute approximate surface area is 61.5 Å². The minimum atomic E-state index is -1.08. The van der Waals surface area contributed by atoms with E-state index in [2.05, 4.69) is 0 Å². The van der Waals surface area contributed by atoms with Crippen molar-refractivity contribution in [2.75, 3.05) is 0 Å². The van der Waals surface area contributed by atoms with Crippen LogP contribution in [0.4, 0.5) is 0 Å². The largest absolute Gasteiger partial charge is 0.296 e. The lowest BCUT2D eigenvalue weighted by Crippen LogP contribution is -2.33. The SMILES string of the molecule is O=C1CC(C(=O)NO)C(=O)N1. The van der Waals surface area contributed by atoms with Gasteiger partial charge in [0.2, 0.25) is 11.8 Å². The molecule has 1 atom stereocenters. The molecule has 1 rings (SSSR count). The summed E-state index contributed by atoms with van der Waals surface area (Å²) in [6.07, 6.45) is -0.189. The lowest BCUT2D eigenvalue weighted by Gasteiger charge is -2.00. The predicted octanol–water partition coefficient (Wildman–Crippen LogP) is -1.85. The highest BCUT2D eigenvalue weighted by molar-refractivity contribution is 6.13. The van der Waals surface area contributed by atoms with Crippen molar-refractivity contribution in [3.63, 3.8) is 0 Å². The van der Waals surface area contributed by atoms with Crippen LogP contribution in [0.15, 0.2) is 0 Å². The first-order valence-corrected chi connectivity index (χ1v) is 2.93. The lowest BCUT2D eigenvalue weighted by molar-refractivity contribution is -0.138. The van der Waals surface area contributed by atoms with Gasteiger partial charge < -0.3 is 0 Å². The van der Waals surface area contributed by atoms with Crippen LogP contribution in [0.25, 0.3) is 0 Å². The molecule has 3 N–H and O–H groups in total. The van der Waals surface area contributed by atoms with Gasteiger partial charge in [-0.25, -0.2) is 5.48 Å². The van der Waals surface area contributed by atoms with E-state index in [1.807, 2.05) is 5.32 Å². The smallest absolute Gasteiger partial charge is 0.256 e. The first kappa shape index (κ1) is 7.67. The summed E-state index contributed by atoms with van der Waals surface area (Å²) in [5, 5.41) is 10.0. The fourth-order valence-electron chi connectivity index (χ4n) is 0.843. The van der Waals surface area contributed by atoms with Gasteiger partial charge >= 0.3 is 0 Å². The summed E-state index contributed by atoms with van der Waals surface area (Å²) in [7, 11) is 0. The molecule has 0 aromatic rings. The Kier molecular flexibility index (Phi) is 1.86. The molecule has 0 aromatic heterocycles. The van der Waals surface area contributed by atoms with Crippen LogP contribution in [-0.4, -0.2) is 22.9 Å². The van der Waals surface area contributed by atoms with Gasteiger partial charge in [-0.2, -0.15) is 0 Å². The summed E-state index contributed by atoms with van der Waals surface area (Å²) in [6, 6.07) is 0. The quantitative estimate of drug-likeness (QED) is 0.181. The molecule has 6 nitrogen and oxygen atoms in total. The summed E-state index contributed by atoms with van der Waals surface area (Å²) in [6.45, 7) is 0. The van der Waals surface area contributed by atoms with E-state index >= 15 is 0 Å². The van der Waals surface area contributed by atoms with E-state index in [0.717, 1.165) is 0 Å². The Morgan fingerprint density at radius 3 is 2.64 bits per heavy atom. The zero-order valence-electron chi connectivity index (χ0n) is 5.46. The number of amides is 3. The van der Waals surface area contributed by atoms with Gasteiger partial charge in [-0.05, 0) is 0 Å². The number of hydroxylamine groups is 1. The van der Waals surface area contributed by atoms with Crippen molar-refractivity contribution < 1.29 is 19.6 Å². The lowest BCUT2D eigenvalue weighted by atomic mass is 10.1. The molecule has 0 saturated carbocycles. The molecule has 1 aliphatic rings. The van der Waals surface area contributed by atoms with Crippen molar-refractivity contribution in [1.29, 1.82) is 0 Å². The van der Waals surface area contributed by atoms with E-state index < -0.39 is 23.6 Å². The average Bonchev–Trinajstić information content (AvgIpc) is 2.28. The number of hydrogen-bond donors (Lipinski definition) is 3. The first-order chi connectivity index (χ1) is 5.15. The monoisotopic (exact) mass is 158 g/mol. The molecule has 1 aliphatic heterocycles. The second-order valence-corrected chi connectivity index (χ2v) is 2.15. The molecule has 1 unspecified atom stereocenters. The predicted molar refractivity (Wildman–Crippen MR) is 31.2 cm³/mol. The Hall–Kier alpha value is -1.43. The van der Waals surface area contributed by atoms with E-state index in [1.165, 1.54) is 5.48 Å². The number of hydrogen-bond acceptors (Lipinski definition) is 4. The van der Waals surface area contributed by atoms with Crippen LogP contribution in [0.5, 0.6) is 0 Å². The van der Waals surface area contributed by atoms with Crippen LogP contribution in [0.2, 0.25) is 0 Å². The number of carbonyl (C=O) groups is 3. The molecular formula is C5H6N2O4. The molecule has 0 bridgehead atoms. The highest BCUT2D eigenvalue weighted by Gasteiger charge is 2.35. The van der Waals surface area contributed by atoms with Gasteiger partial charge in [-0.1, -0.05) is 0 Å². The van der Waals surface area contributed by atoms with Gasteiger partial charge in [-0.3, -0.25) is 24.9 Å². The van der Waals surface area contributed by atoms with Crippen molar-refractivity contribution in [2.24, 2.45) is 5.92 Å². The third-order valence-electron chi connectivity index (χ3n) is 1.40. The highest BCUT2D eigenvalue weighted by atomic mass is 16.5. The Balaban J connectivity index is 2.67. The second kappa shape index (κ2) is 2.67. The summed E-state index contributed by atoms with van der Waals surface area (Å²) in [5.41, 5.74) is 1.31. The molecule has 1 saturated heterocycles. The molecule has 0 spiro atoms. The maximum atomic E-state index is 10.7. The van der Waals surface area contributed by atoms with Crippen molar-refractivity contribution in [3.05, 3.63) is 0 Å². The van der Waals surface area contributed by atoms with Crippen molar-refractivity contribution in [3.8, 4) is 0 Å². The van der Waals surface area contributed by atoms with E-state index in [9.17, 15) is 14.4 Å². The number of nitrogens with one attached hydrogen (secondary N) is 2. The van der Waals surface area contributed by atoms with Crippen LogP contribution < -0.4 is 10.8 Å². The molecule has 3 amide bonds. The van der Waals surface area contributed by atoms with Gasteiger partial charge in [-0.15, -0.1) is 0 Å². The topological polar surface area (TPSA) is 95.5 Å². The van der Waals surface area contributed by atoms with Crippen molar-refractivity contribution in [2.45, 2.75) is 6.42 Å². The van der Waals surface area contributed by atoms with Crippen LogP contribution in [0, 0.1) is 5.92 Å². The minimum absolute atomic E-state index is 0.189. The molecule has 0 aliphatic carbocycles. The maximum absolute atomic E-state index is 10.7. The van der Waals surface area contributed by atoms with E-state index in [4.69, 9.17) is 5.21 Å². The zero-order valence-corrected chi connectivity index (χ0v) is 5.46. The molecule has 6 heteroatoms. The molecule has 0 aromatic carbocycles. The van der Waals surface area contributed by atoms with Crippen LogP contribution >= 0.6 is 0 Å². The van der Waals surface area contributed by atoms with Gasteiger partial charge in [0.15, 0.2) is 0 Å². The molecule has 60 valence electrons. The number of imide groups is 1. The molecule has 0 radical (unpaired) electrons. The normalized spacial score (nSPS) is 23.2. The third-order valence-corrected chi connectivity index (χ3v) is 1.40. The summed E-state index contributed by atoms with van der Waals surface area (Å²) >= 11 is 0. The van der Waals surface area contributed by atoms with Crippen molar-refractivity contribution in [1.82, 2.24) is 10.8 Å².